The van der Waals surface area contributed by atoms with Crippen molar-refractivity contribution < 1.29 is 13.2 Å². The Labute approximate surface area is 154 Å². The molecule has 2 saturated carbocycles. The van der Waals surface area contributed by atoms with E-state index in [2.05, 4.69) is 49.7 Å². The lowest BCUT2D eigenvalue weighted by Gasteiger charge is -2.28. The molecule has 1 aromatic carbocycles. The van der Waals surface area contributed by atoms with E-state index in [0.717, 1.165) is 25.7 Å². The lowest BCUT2D eigenvalue weighted by Crippen LogP contribution is -2.36. The quantitative estimate of drug-likeness (QED) is 0.704. The molecule has 0 saturated heterocycles. The zero-order valence-electron chi connectivity index (χ0n) is 14.4. The molecule has 8 heteroatoms. The molecular formula is C19H17F2N5O. The van der Waals surface area contributed by atoms with Gasteiger partial charge in [-0.25, -0.2) is 9.97 Å². The molecule has 0 radical (unpaired) electrons. The van der Waals surface area contributed by atoms with E-state index in [1.165, 1.54) is 18.0 Å². The fourth-order valence-corrected chi connectivity index (χ4v) is 3.93. The molecule has 0 amide bonds. The van der Waals surface area contributed by atoms with Gasteiger partial charge in [0.25, 0.3) is 11.8 Å². The van der Waals surface area contributed by atoms with Crippen LogP contribution in [0, 0.1) is 0 Å². The third-order valence-corrected chi connectivity index (χ3v) is 5.62. The predicted octanol–water partition coefficient (Wildman–Crippen LogP) is 4.14. The number of aromatic nitrogens is 4. The number of hydrogen-bond acceptors (Lipinski definition) is 6. The van der Waals surface area contributed by atoms with Crippen molar-refractivity contribution in [2.75, 3.05) is 5.32 Å². The molecule has 0 unspecified atom stereocenters. The van der Waals surface area contributed by atoms with Gasteiger partial charge >= 0.3 is 6.43 Å². The summed E-state index contributed by atoms with van der Waals surface area (Å²) in [5.41, 5.74) is 1.91. The van der Waals surface area contributed by atoms with E-state index in [9.17, 15) is 8.78 Å². The van der Waals surface area contributed by atoms with E-state index in [1.54, 1.807) is 0 Å². The molecule has 2 aromatic heterocycles. The van der Waals surface area contributed by atoms with Crippen LogP contribution in [0.1, 0.15) is 43.6 Å². The van der Waals surface area contributed by atoms with Gasteiger partial charge in [0.15, 0.2) is 0 Å². The van der Waals surface area contributed by atoms with Crippen LogP contribution < -0.4 is 5.32 Å². The minimum absolute atomic E-state index is 0.0107. The SMILES string of the molecule is FC(F)c1nnc(-c2cnc(NC3(C4(c5ccccc5)CC4)CC3)nc2)o1. The van der Waals surface area contributed by atoms with Crippen LogP contribution in [0.2, 0.25) is 0 Å². The maximum absolute atomic E-state index is 12.6. The fraction of sp³-hybridized carbons (Fsp3) is 0.368. The van der Waals surface area contributed by atoms with Crippen LogP contribution >= 0.6 is 0 Å². The van der Waals surface area contributed by atoms with Gasteiger partial charge < -0.3 is 9.73 Å². The summed E-state index contributed by atoms with van der Waals surface area (Å²) in [6.45, 7) is 0. The highest BCUT2D eigenvalue weighted by Gasteiger charge is 2.66. The summed E-state index contributed by atoms with van der Waals surface area (Å²) in [4.78, 5) is 8.66. The zero-order chi connectivity index (χ0) is 18.5. The average Bonchev–Trinajstić information content (AvgIpc) is 3.61. The van der Waals surface area contributed by atoms with Crippen molar-refractivity contribution in [1.82, 2.24) is 20.2 Å². The molecular weight excluding hydrogens is 352 g/mol. The molecule has 2 aliphatic carbocycles. The Morgan fingerprint density at radius 1 is 0.963 bits per heavy atom. The first-order valence-corrected chi connectivity index (χ1v) is 8.90. The summed E-state index contributed by atoms with van der Waals surface area (Å²) in [7, 11) is 0. The van der Waals surface area contributed by atoms with Crippen LogP contribution in [0.15, 0.2) is 47.1 Å². The van der Waals surface area contributed by atoms with E-state index in [4.69, 9.17) is 4.42 Å². The normalized spacial score (nSPS) is 19.1. The molecule has 5 rings (SSSR count). The first kappa shape index (κ1) is 16.3. The maximum Gasteiger partial charge on any atom is 0.314 e. The Kier molecular flexibility index (Phi) is 3.50. The van der Waals surface area contributed by atoms with Crippen LogP contribution in [-0.4, -0.2) is 25.7 Å². The molecule has 3 aromatic rings. The van der Waals surface area contributed by atoms with E-state index in [1.807, 2.05) is 6.07 Å². The molecule has 27 heavy (non-hydrogen) atoms. The molecule has 1 N–H and O–H groups in total. The summed E-state index contributed by atoms with van der Waals surface area (Å²) in [6.07, 6.45) is 4.69. The van der Waals surface area contributed by atoms with Gasteiger partial charge in [-0.3, -0.25) is 0 Å². The second kappa shape index (κ2) is 5.80. The Morgan fingerprint density at radius 3 is 2.22 bits per heavy atom. The molecule has 0 atom stereocenters. The van der Waals surface area contributed by atoms with E-state index in [0.29, 0.717) is 11.5 Å². The Balaban J connectivity index is 1.36. The molecule has 2 fully saturated rings. The van der Waals surface area contributed by atoms with Crippen molar-refractivity contribution in [2.24, 2.45) is 0 Å². The van der Waals surface area contributed by atoms with Gasteiger partial charge in [0.05, 0.1) is 11.1 Å². The predicted molar refractivity (Wildman–Crippen MR) is 93.2 cm³/mol. The lowest BCUT2D eigenvalue weighted by molar-refractivity contribution is 0.116. The number of hydrogen-bond donors (Lipinski definition) is 1. The van der Waals surface area contributed by atoms with Gasteiger partial charge in [-0.05, 0) is 31.2 Å². The monoisotopic (exact) mass is 369 g/mol. The number of nitrogens with zero attached hydrogens (tertiary/aromatic N) is 4. The highest BCUT2D eigenvalue weighted by Crippen LogP contribution is 2.65. The van der Waals surface area contributed by atoms with Crippen molar-refractivity contribution in [3.8, 4) is 11.5 Å². The zero-order valence-corrected chi connectivity index (χ0v) is 14.4. The Morgan fingerprint density at radius 2 is 1.67 bits per heavy atom. The van der Waals surface area contributed by atoms with E-state index >= 15 is 0 Å². The van der Waals surface area contributed by atoms with Gasteiger partial charge in [-0.1, -0.05) is 30.3 Å². The standard InChI is InChI=1S/C19H17F2N5O/c20-14(21)16-26-25-15(27-16)12-10-22-17(23-11-12)24-19(8-9-19)18(6-7-18)13-4-2-1-3-5-13/h1-5,10-11,14H,6-9H2,(H,22,23,24). The van der Waals surface area contributed by atoms with Gasteiger partial charge in [-0.2, -0.15) is 8.78 Å². The number of benzene rings is 1. The minimum Gasteiger partial charge on any atom is -0.415 e. The average molecular weight is 369 g/mol. The van der Waals surface area contributed by atoms with Crippen molar-refractivity contribution >= 4 is 5.95 Å². The van der Waals surface area contributed by atoms with Crippen LogP contribution in [-0.2, 0) is 5.41 Å². The summed E-state index contributed by atoms with van der Waals surface area (Å²) in [6, 6.07) is 10.6. The molecule has 0 spiro atoms. The lowest BCUT2D eigenvalue weighted by atomic mass is 9.85. The molecule has 0 bridgehead atoms. The molecule has 138 valence electrons. The first-order chi connectivity index (χ1) is 13.1. The van der Waals surface area contributed by atoms with Crippen molar-refractivity contribution in [1.29, 1.82) is 0 Å². The summed E-state index contributed by atoms with van der Waals surface area (Å²) in [5, 5.41) is 10.5. The number of anilines is 1. The third kappa shape index (κ3) is 2.67. The van der Waals surface area contributed by atoms with Gasteiger partial charge in [0.1, 0.15) is 0 Å². The highest BCUT2D eigenvalue weighted by atomic mass is 19.3. The highest BCUT2D eigenvalue weighted by molar-refractivity contribution is 5.52. The number of rotatable bonds is 6. The summed E-state index contributed by atoms with van der Waals surface area (Å²) < 4.78 is 30.1. The maximum atomic E-state index is 12.6. The second-order valence-corrected chi connectivity index (χ2v) is 7.20. The summed E-state index contributed by atoms with van der Waals surface area (Å²) >= 11 is 0. The third-order valence-electron chi connectivity index (χ3n) is 5.62. The smallest absolute Gasteiger partial charge is 0.314 e. The van der Waals surface area contributed by atoms with E-state index < -0.39 is 12.3 Å². The Hall–Kier alpha value is -2.90. The van der Waals surface area contributed by atoms with Gasteiger partial charge in [0, 0.05) is 17.8 Å². The van der Waals surface area contributed by atoms with Crippen LogP contribution in [0.4, 0.5) is 14.7 Å². The second-order valence-electron chi connectivity index (χ2n) is 7.20. The minimum atomic E-state index is -2.80. The largest absolute Gasteiger partial charge is 0.415 e. The van der Waals surface area contributed by atoms with Crippen LogP contribution in [0.5, 0.6) is 0 Å². The summed E-state index contributed by atoms with van der Waals surface area (Å²) in [5.74, 6) is -0.198. The van der Waals surface area contributed by atoms with Crippen molar-refractivity contribution in [3.63, 3.8) is 0 Å². The van der Waals surface area contributed by atoms with Crippen LogP contribution in [0.25, 0.3) is 11.5 Å². The first-order valence-electron chi connectivity index (χ1n) is 8.90. The van der Waals surface area contributed by atoms with Crippen molar-refractivity contribution in [2.45, 2.75) is 43.1 Å². The molecule has 2 aliphatic rings. The van der Waals surface area contributed by atoms with Crippen LogP contribution in [0.3, 0.4) is 0 Å². The number of alkyl halides is 2. The van der Waals surface area contributed by atoms with Gasteiger partial charge in [0.2, 0.25) is 5.95 Å². The van der Waals surface area contributed by atoms with Gasteiger partial charge in [-0.15, -0.1) is 10.2 Å². The molecule has 2 heterocycles. The van der Waals surface area contributed by atoms with Crippen molar-refractivity contribution in [3.05, 3.63) is 54.2 Å². The topological polar surface area (TPSA) is 76.7 Å². The number of nitrogens with one attached hydrogen (secondary N) is 1. The Bertz CT molecular complexity index is 950. The van der Waals surface area contributed by atoms with E-state index in [-0.39, 0.29) is 16.8 Å². The molecule has 0 aliphatic heterocycles. The molecule has 6 nitrogen and oxygen atoms in total. The number of halogens is 2. The fourth-order valence-electron chi connectivity index (χ4n) is 3.93.